The summed E-state index contributed by atoms with van der Waals surface area (Å²) in [6, 6.07) is 13.8. The summed E-state index contributed by atoms with van der Waals surface area (Å²) in [5.74, 6) is 1.14. The van der Waals surface area contributed by atoms with Crippen LogP contribution in [0.15, 0.2) is 59.8 Å². The molecule has 25 heavy (non-hydrogen) atoms. The first-order valence-electron chi connectivity index (χ1n) is 8.73. The van der Waals surface area contributed by atoms with Crippen LogP contribution in [0.5, 0.6) is 0 Å². The van der Waals surface area contributed by atoms with Crippen molar-refractivity contribution in [3.63, 3.8) is 0 Å². The Morgan fingerprint density at radius 1 is 1.08 bits per heavy atom. The Hall–Kier alpha value is -2.82. The van der Waals surface area contributed by atoms with E-state index in [0.717, 1.165) is 38.1 Å². The van der Waals surface area contributed by atoms with Crippen LogP contribution >= 0.6 is 0 Å². The van der Waals surface area contributed by atoms with E-state index in [4.69, 9.17) is 4.98 Å². The third-order valence-electron chi connectivity index (χ3n) is 4.76. The van der Waals surface area contributed by atoms with Gasteiger partial charge in [-0.1, -0.05) is 36.8 Å². The van der Waals surface area contributed by atoms with Gasteiger partial charge >= 0.3 is 0 Å². The monoisotopic (exact) mass is 332 g/mol. The van der Waals surface area contributed by atoms with E-state index in [-0.39, 0.29) is 11.5 Å². The van der Waals surface area contributed by atoms with Crippen molar-refractivity contribution in [2.45, 2.75) is 38.1 Å². The minimum Gasteiger partial charge on any atom is -0.296 e. The van der Waals surface area contributed by atoms with E-state index >= 15 is 0 Å². The number of nitrogens with zero attached hydrogens (tertiary/aromatic N) is 4. The van der Waals surface area contributed by atoms with Crippen molar-refractivity contribution >= 4 is 0 Å². The topological polar surface area (TPSA) is 60.7 Å². The molecule has 2 aromatic heterocycles. The van der Waals surface area contributed by atoms with Gasteiger partial charge in [0, 0.05) is 24.7 Å². The Balaban J connectivity index is 1.78. The van der Waals surface area contributed by atoms with E-state index in [9.17, 15) is 4.79 Å². The number of rotatable bonds is 3. The predicted octanol–water partition coefficient (Wildman–Crippen LogP) is 3.21. The van der Waals surface area contributed by atoms with Crippen molar-refractivity contribution in [3.8, 4) is 11.4 Å². The maximum absolute atomic E-state index is 12.7. The number of hydrogen-bond donors (Lipinski definition) is 0. The fourth-order valence-corrected chi connectivity index (χ4v) is 3.52. The molecule has 0 radical (unpaired) electrons. The van der Waals surface area contributed by atoms with Gasteiger partial charge in [0.05, 0.1) is 11.4 Å². The molecule has 0 aliphatic carbocycles. The molecule has 126 valence electrons. The number of hydrogen-bond acceptors (Lipinski definition) is 4. The molecule has 4 rings (SSSR count). The zero-order chi connectivity index (χ0) is 17.1. The molecular formula is C20H20N4O. The lowest BCUT2D eigenvalue weighted by molar-refractivity contribution is 0.573. The van der Waals surface area contributed by atoms with Crippen LogP contribution in [-0.2, 0) is 13.0 Å². The molecule has 0 spiro atoms. The standard InChI is InChI=1S/C20H20N4O/c25-19-13-18(17-9-10-21-14-22-17)23-20-16(8-4-5-11-24(19)20)12-15-6-2-1-3-7-15/h1-3,6-7,9-10,13-14,16H,4-5,8,11-12H2. The molecule has 0 N–H and O–H groups in total. The second-order valence-electron chi connectivity index (χ2n) is 6.47. The van der Waals surface area contributed by atoms with Crippen molar-refractivity contribution in [3.05, 3.63) is 76.7 Å². The quantitative estimate of drug-likeness (QED) is 0.739. The van der Waals surface area contributed by atoms with Crippen molar-refractivity contribution < 1.29 is 0 Å². The van der Waals surface area contributed by atoms with Crippen LogP contribution in [0.4, 0.5) is 0 Å². The minimum absolute atomic E-state index is 0.0126. The fourth-order valence-electron chi connectivity index (χ4n) is 3.52. The summed E-state index contributed by atoms with van der Waals surface area (Å²) in [5.41, 5.74) is 2.62. The molecule has 0 saturated heterocycles. The van der Waals surface area contributed by atoms with Gasteiger partial charge in [-0.15, -0.1) is 0 Å². The minimum atomic E-state index is 0.0126. The van der Waals surface area contributed by atoms with E-state index in [1.54, 1.807) is 18.3 Å². The third-order valence-corrected chi connectivity index (χ3v) is 4.76. The zero-order valence-electron chi connectivity index (χ0n) is 14.0. The molecule has 1 aliphatic rings. The van der Waals surface area contributed by atoms with Crippen LogP contribution in [0.1, 0.15) is 36.6 Å². The fraction of sp³-hybridized carbons (Fsp3) is 0.300. The van der Waals surface area contributed by atoms with Gasteiger partial charge in [0.1, 0.15) is 12.2 Å². The highest BCUT2D eigenvalue weighted by atomic mass is 16.1. The molecule has 1 aliphatic heterocycles. The van der Waals surface area contributed by atoms with Gasteiger partial charge in [-0.3, -0.25) is 9.36 Å². The van der Waals surface area contributed by atoms with Gasteiger partial charge in [-0.05, 0) is 30.9 Å². The molecule has 1 atom stereocenters. The van der Waals surface area contributed by atoms with Crippen molar-refractivity contribution in [2.24, 2.45) is 0 Å². The molecule has 0 bridgehead atoms. The summed E-state index contributed by atoms with van der Waals surface area (Å²) < 4.78 is 1.85. The van der Waals surface area contributed by atoms with Gasteiger partial charge in [0.25, 0.3) is 5.56 Å². The Bertz CT molecular complexity index is 906. The average Bonchev–Trinajstić information content (AvgIpc) is 2.86. The molecule has 3 heterocycles. The lowest BCUT2D eigenvalue weighted by Gasteiger charge is -2.18. The van der Waals surface area contributed by atoms with Gasteiger partial charge < -0.3 is 0 Å². The summed E-state index contributed by atoms with van der Waals surface area (Å²) in [6.07, 6.45) is 7.25. The Morgan fingerprint density at radius 3 is 2.76 bits per heavy atom. The summed E-state index contributed by atoms with van der Waals surface area (Å²) >= 11 is 0. The van der Waals surface area contributed by atoms with E-state index in [1.807, 2.05) is 10.6 Å². The normalized spacial score (nSPS) is 16.9. The Morgan fingerprint density at radius 2 is 1.96 bits per heavy atom. The zero-order valence-corrected chi connectivity index (χ0v) is 14.0. The van der Waals surface area contributed by atoms with Gasteiger partial charge in [-0.2, -0.15) is 0 Å². The number of aromatic nitrogens is 4. The van der Waals surface area contributed by atoms with Crippen LogP contribution in [0.2, 0.25) is 0 Å². The molecule has 5 nitrogen and oxygen atoms in total. The van der Waals surface area contributed by atoms with Crippen molar-refractivity contribution in [2.75, 3.05) is 0 Å². The molecular weight excluding hydrogens is 312 g/mol. The smallest absolute Gasteiger partial charge is 0.254 e. The summed E-state index contributed by atoms with van der Waals surface area (Å²) in [5, 5.41) is 0. The SMILES string of the molecule is O=c1cc(-c2ccncn2)nc2n1CCCCC2Cc1ccccc1. The van der Waals surface area contributed by atoms with E-state index in [2.05, 4.69) is 34.2 Å². The van der Waals surface area contributed by atoms with E-state index in [1.165, 1.54) is 11.9 Å². The Kier molecular flexibility index (Phi) is 4.37. The first-order valence-corrected chi connectivity index (χ1v) is 8.73. The molecule has 0 amide bonds. The van der Waals surface area contributed by atoms with Crippen molar-refractivity contribution in [1.82, 2.24) is 19.5 Å². The third kappa shape index (κ3) is 3.36. The van der Waals surface area contributed by atoms with Crippen molar-refractivity contribution in [1.29, 1.82) is 0 Å². The van der Waals surface area contributed by atoms with Crippen LogP contribution < -0.4 is 5.56 Å². The second kappa shape index (κ2) is 6.97. The van der Waals surface area contributed by atoms with E-state index in [0.29, 0.717) is 11.4 Å². The average molecular weight is 332 g/mol. The lowest BCUT2D eigenvalue weighted by Crippen LogP contribution is -2.26. The summed E-state index contributed by atoms with van der Waals surface area (Å²) in [4.78, 5) is 25.7. The second-order valence-corrected chi connectivity index (χ2v) is 6.47. The first-order chi connectivity index (χ1) is 12.3. The van der Waals surface area contributed by atoms with E-state index < -0.39 is 0 Å². The van der Waals surface area contributed by atoms with Gasteiger partial charge in [0.15, 0.2) is 0 Å². The van der Waals surface area contributed by atoms with Crippen LogP contribution in [-0.4, -0.2) is 19.5 Å². The largest absolute Gasteiger partial charge is 0.296 e. The van der Waals surface area contributed by atoms with Crippen LogP contribution in [0.25, 0.3) is 11.4 Å². The highest BCUT2D eigenvalue weighted by Crippen LogP contribution is 2.28. The molecule has 1 unspecified atom stereocenters. The predicted molar refractivity (Wildman–Crippen MR) is 96.3 cm³/mol. The highest BCUT2D eigenvalue weighted by molar-refractivity contribution is 5.52. The first kappa shape index (κ1) is 15.7. The summed E-state index contributed by atoms with van der Waals surface area (Å²) in [7, 11) is 0. The maximum Gasteiger partial charge on any atom is 0.254 e. The van der Waals surface area contributed by atoms with Gasteiger partial charge in [-0.25, -0.2) is 15.0 Å². The lowest BCUT2D eigenvalue weighted by atomic mass is 9.94. The maximum atomic E-state index is 12.7. The molecule has 0 saturated carbocycles. The molecule has 1 aromatic carbocycles. The van der Waals surface area contributed by atoms with Crippen LogP contribution in [0.3, 0.4) is 0 Å². The molecule has 5 heteroatoms. The number of benzene rings is 1. The van der Waals surface area contributed by atoms with Gasteiger partial charge in [0.2, 0.25) is 0 Å². The Labute approximate surface area is 146 Å². The molecule has 0 fully saturated rings. The highest BCUT2D eigenvalue weighted by Gasteiger charge is 2.22. The molecule has 3 aromatic rings. The van der Waals surface area contributed by atoms with Crippen LogP contribution in [0, 0.1) is 0 Å². The number of fused-ring (bicyclic) bond motifs is 1. The summed E-state index contributed by atoms with van der Waals surface area (Å²) in [6.45, 7) is 0.747.